The summed E-state index contributed by atoms with van der Waals surface area (Å²) in [6.45, 7) is 11.8. The Bertz CT molecular complexity index is 1600. The van der Waals surface area contributed by atoms with Crippen LogP contribution in [-0.2, 0) is 25.5 Å². The van der Waals surface area contributed by atoms with Crippen LogP contribution < -0.4 is 10.6 Å². The van der Waals surface area contributed by atoms with E-state index in [1.54, 1.807) is 47.6 Å². The van der Waals surface area contributed by atoms with Gasteiger partial charge in [-0.3, -0.25) is 19.4 Å². The number of benzene rings is 2. The highest BCUT2D eigenvalue weighted by Gasteiger charge is 2.38. The second-order valence-corrected chi connectivity index (χ2v) is 14.0. The maximum atomic E-state index is 13.1. The van der Waals surface area contributed by atoms with Crippen molar-refractivity contribution in [2.75, 3.05) is 23.7 Å². The second kappa shape index (κ2) is 13.1. The predicted molar refractivity (Wildman–Crippen MR) is 175 cm³/mol. The van der Waals surface area contributed by atoms with Crippen molar-refractivity contribution in [2.24, 2.45) is 0 Å². The zero-order chi connectivity index (χ0) is 33.2. The first-order chi connectivity index (χ1) is 21.6. The smallest absolute Gasteiger partial charge is 0.410 e. The molecular formula is C35H44N4O7. The summed E-state index contributed by atoms with van der Waals surface area (Å²) < 4.78 is 17.0. The zero-order valence-corrected chi connectivity index (χ0v) is 27.5. The zero-order valence-electron chi connectivity index (χ0n) is 27.5. The monoisotopic (exact) mass is 632 g/mol. The molecule has 2 aromatic carbocycles. The Morgan fingerprint density at radius 3 is 1.76 bits per heavy atom. The third-order valence-corrected chi connectivity index (χ3v) is 7.80. The van der Waals surface area contributed by atoms with Crippen LogP contribution in [0.15, 0.2) is 52.9 Å². The lowest BCUT2D eigenvalue weighted by Crippen LogP contribution is -2.45. The molecule has 2 aliphatic rings. The fraction of sp³-hybridized carbons (Fsp3) is 0.486. The molecule has 4 amide bonds. The van der Waals surface area contributed by atoms with Gasteiger partial charge in [0, 0.05) is 36.3 Å². The molecule has 2 aliphatic heterocycles. The van der Waals surface area contributed by atoms with Crippen LogP contribution in [0.5, 0.6) is 0 Å². The molecule has 46 heavy (non-hydrogen) atoms. The number of rotatable bonds is 6. The van der Waals surface area contributed by atoms with Crippen LogP contribution in [0.25, 0.3) is 11.0 Å². The van der Waals surface area contributed by atoms with Crippen molar-refractivity contribution in [3.63, 3.8) is 0 Å². The molecule has 0 aliphatic carbocycles. The van der Waals surface area contributed by atoms with Gasteiger partial charge in [0.1, 0.15) is 34.6 Å². The average molecular weight is 633 g/mol. The molecule has 0 radical (unpaired) electrons. The second-order valence-electron chi connectivity index (χ2n) is 14.0. The minimum atomic E-state index is -0.634. The van der Waals surface area contributed by atoms with Crippen molar-refractivity contribution in [3.05, 3.63) is 59.9 Å². The molecule has 2 atom stereocenters. The lowest BCUT2D eigenvalue weighted by Gasteiger charge is -2.28. The first kappa shape index (κ1) is 32.8. The van der Waals surface area contributed by atoms with Crippen LogP contribution in [0.2, 0.25) is 0 Å². The number of hydrogen-bond acceptors (Lipinski definition) is 7. The van der Waals surface area contributed by atoms with Crippen LogP contribution in [0.4, 0.5) is 21.0 Å². The molecule has 246 valence electrons. The largest absolute Gasteiger partial charge is 0.461 e. The van der Waals surface area contributed by atoms with Crippen molar-refractivity contribution in [2.45, 2.75) is 96.9 Å². The maximum Gasteiger partial charge on any atom is 0.410 e. The van der Waals surface area contributed by atoms with Crippen LogP contribution in [0.3, 0.4) is 0 Å². The van der Waals surface area contributed by atoms with Crippen molar-refractivity contribution < 1.29 is 33.1 Å². The number of amides is 4. The Kier molecular flexibility index (Phi) is 9.32. The number of likely N-dealkylation sites (tertiary alicyclic amines) is 2. The summed E-state index contributed by atoms with van der Waals surface area (Å²) in [5, 5.41) is 6.73. The molecule has 3 aromatic rings. The summed E-state index contributed by atoms with van der Waals surface area (Å²) in [6, 6.07) is 13.8. The number of hydrogen-bond donors (Lipinski definition) is 2. The Morgan fingerprint density at radius 2 is 1.24 bits per heavy atom. The van der Waals surface area contributed by atoms with E-state index >= 15 is 0 Å². The van der Waals surface area contributed by atoms with Gasteiger partial charge in [-0.05, 0) is 109 Å². The minimum Gasteiger partial charge on any atom is -0.461 e. The summed E-state index contributed by atoms with van der Waals surface area (Å²) in [6.07, 6.45) is 2.24. The van der Waals surface area contributed by atoms with E-state index in [9.17, 15) is 19.2 Å². The van der Waals surface area contributed by atoms with Gasteiger partial charge in [-0.1, -0.05) is 12.1 Å². The van der Waals surface area contributed by atoms with Gasteiger partial charge in [0.2, 0.25) is 11.8 Å². The Balaban J connectivity index is 1.17. The molecule has 11 heteroatoms. The number of nitrogens with zero attached hydrogens (tertiary/aromatic N) is 2. The number of anilines is 2. The summed E-state index contributed by atoms with van der Waals surface area (Å²) >= 11 is 0. The molecule has 2 saturated heterocycles. The first-order valence-corrected chi connectivity index (χ1v) is 15.9. The van der Waals surface area contributed by atoms with Crippen LogP contribution in [0.1, 0.15) is 78.5 Å². The Hall–Kier alpha value is -4.54. The summed E-state index contributed by atoms with van der Waals surface area (Å²) in [5.74, 6) is 0.270. The van der Waals surface area contributed by atoms with E-state index < -0.39 is 35.5 Å². The lowest BCUT2D eigenvalue weighted by molar-refractivity contribution is -0.121. The first-order valence-electron chi connectivity index (χ1n) is 15.9. The van der Waals surface area contributed by atoms with Crippen LogP contribution >= 0.6 is 0 Å². The van der Waals surface area contributed by atoms with Gasteiger partial charge in [0.05, 0.1) is 0 Å². The highest BCUT2D eigenvalue weighted by atomic mass is 16.6. The van der Waals surface area contributed by atoms with Crippen molar-refractivity contribution in [1.82, 2.24) is 9.80 Å². The Labute approximate surface area is 269 Å². The topological polar surface area (TPSA) is 130 Å². The fourth-order valence-electron chi connectivity index (χ4n) is 5.78. The van der Waals surface area contributed by atoms with Gasteiger partial charge in [-0.25, -0.2) is 9.59 Å². The molecule has 2 unspecified atom stereocenters. The van der Waals surface area contributed by atoms with E-state index in [0.717, 1.165) is 29.6 Å². The molecule has 1 aromatic heterocycles. The van der Waals surface area contributed by atoms with Gasteiger partial charge < -0.3 is 24.5 Å². The third-order valence-electron chi connectivity index (χ3n) is 7.80. The van der Waals surface area contributed by atoms with Crippen LogP contribution in [-0.4, -0.2) is 70.2 Å². The molecule has 0 bridgehead atoms. The number of furan rings is 1. The number of carbonyl (C=O) groups is 4. The van der Waals surface area contributed by atoms with Crippen molar-refractivity contribution >= 4 is 46.3 Å². The number of fused-ring (bicyclic) bond motifs is 1. The molecule has 3 heterocycles. The number of carbonyl (C=O) groups excluding carboxylic acids is 4. The van der Waals surface area contributed by atoms with Gasteiger partial charge in [-0.15, -0.1) is 0 Å². The van der Waals surface area contributed by atoms with E-state index in [0.29, 0.717) is 49.3 Å². The normalized spacial score (nSPS) is 18.5. The van der Waals surface area contributed by atoms with E-state index in [1.165, 1.54) is 9.80 Å². The van der Waals surface area contributed by atoms with Crippen molar-refractivity contribution in [1.29, 1.82) is 0 Å². The van der Waals surface area contributed by atoms with Gasteiger partial charge in [0.15, 0.2) is 0 Å². The minimum absolute atomic E-state index is 0.234. The number of nitrogens with one attached hydrogen (secondary N) is 2. The molecule has 5 rings (SSSR count). The summed E-state index contributed by atoms with van der Waals surface area (Å²) in [7, 11) is 0. The van der Waals surface area contributed by atoms with Gasteiger partial charge >= 0.3 is 12.2 Å². The van der Waals surface area contributed by atoms with E-state index in [2.05, 4.69) is 10.6 Å². The molecule has 0 saturated carbocycles. The van der Waals surface area contributed by atoms with E-state index in [-0.39, 0.29) is 11.8 Å². The standard InChI is InChI=1S/C35H44N4O7/c1-34(2,3)45-32(42)38-17-7-9-27(38)30(40)36-24-13-11-22(12-14-24)19-26-21-23-20-25(15-16-29(23)44-26)37-31(41)28-10-8-18-39(28)33(43)46-35(4,5)6/h11-16,20-21,27-28H,7-10,17-19H2,1-6H3,(H,36,40)(H,37,41). The molecule has 2 N–H and O–H groups in total. The maximum absolute atomic E-state index is 13.1. The van der Waals surface area contributed by atoms with Gasteiger partial charge in [-0.2, -0.15) is 0 Å². The fourth-order valence-corrected chi connectivity index (χ4v) is 5.78. The summed E-state index contributed by atoms with van der Waals surface area (Å²) in [5.41, 5.74) is 1.68. The highest BCUT2D eigenvalue weighted by Crippen LogP contribution is 2.28. The van der Waals surface area contributed by atoms with Crippen molar-refractivity contribution in [3.8, 4) is 0 Å². The quantitative estimate of drug-likeness (QED) is 0.309. The Morgan fingerprint density at radius 1 is 0.739 bits per heavy atom. The third kappa shape index (κ3) is 8.18. The predicted octanol–water partition coefficient (Wildman–Crippen LogP) is 6.70. The lowest BCUT2D eigenvalue weighted by atomic mass is 10.1. The van der Waals surface area contributed by atoms with E-state index in [4.69, 9.17) is 13.9 Å². The number of ether oxygens (including phenoxy) is 2. The SMILES string of the molecule is CC(C)(C)OC(=O)N1CCCC1C(=O)Nc1ccc(Cc2cc3cc(NC(=O)C4CCCN4C(=O)OC(C)(C)C)ccc3o2)cc1. The molecule has 11 nitrogen and oxygen atoms in total. The molecule has 2 fully saturated rings. The molecular weight excluding hydrogens is 588 g/mol. The average Bonchev–Trinajstić information content (AvgIpc) is 3.71. The summed E-state index contributed by atoms with van der Waals surface area (Å²) in [4.78, 5) is 54.3. The molecule has 0 spiro atoms. The highest BCUT2D eigenvalue weighted by molar-refractivity contribution is 5.98. The van der Waals surface area contributed by atoms with E-state index in [1.807, 2.05) is 42.5 Å². The van der Waals surface area contributed by atoms with Gasteiger partial charge in [0.25, 0.3) is 0 Å². The van der Waals surface area contributed by atoms with Crippen LogP contribution in [0, 0.1) is 0 Å².